The molecule has 5 heterocycles. The molecular weight excluding hydrogens is 600 g/mol. The van der Waals surface area contributed by atoms with E-state index in [1.165, 1.54) is 6.42 Å². The molecule has 6 rings (SSSR count). The maximum atomic E-state index is 14.0. The average Bonchev–Trinajstić information content (AvgIpc) is 3.08. The Morgan fingerprint density at radius 1 is 1.00 bits per heavy atom. The van der Waals surface area contributed by atoms with E-state index in [4.69, 9.17) is 4.98 Å². The van der Waals surface area contributed by atoms with Gasteiger partial charge in [0.2, 0.25) is 5.95 Å². The van der Waals surface area contributed by atoms with Crippen LogP contribution in [0.25, 0.3) is 11.0 Å². The third kappa shape index (κ3) is 7.73. The fourth-order valence-corrected chi connectivity index (χ4v) is 6.71. The third-order valence-corrected chi connectivity index (χ3v) is 9.17. The molecule has 0 saturated carbocycles. The van der Waals surface area contributed by atoms with Crippen LogP contribution in [-0.4, -0.2) is 79.1 Å². The normalized spacial score (nSPS) is 15.5. The van der Waals surface area contributed by atoms with Crippen LogP contribution in [0.3, 0.4) is 0 Å². The summed E-state index contributed by atoms with van der Waals surface area (Å²) in [5, 5.41) is 14.1. The average molecular weight is 639 g/mol. The van der Waals surface area contributed by atoms with E-state index in [1.54, 1.807) is 53.8 Å². The van der Waals surface area contributed by atoms with E-state index in [-0.39, 0.29) is 12.1 Å². The SMILES string of the molecule is CN(C)CCS(=O)c1ccncc1Cn1c(=O)c(Nc2cccnc2)cc2cnc(Nc3ccc(NC4CCCNC4)cc3)nc21. The lowest BCUT2D eigenvalue weighted by Crippen LogP contribution is -2.38. The van der Waals surface area contributed by atoms with E-state index < -0.39 is 10.8 Å². The summed E-state index contributed by atoms with van der Waals surface area (Å²) in [5.74, 6) is 0.816. The summed E-state index contributed by atoms with van der Waals surface area (Å²) in [7, 11) is 2.62. The largest absolute Gasteiger partial charge is 0.381 e. The molecule has 0 bridgehead atoms. The highest BCUT2D eigenvalue weighted by atomic mass is 32.2. The van der Waals surface area contributed by atoms with Gasteiger partial charge in [-0.15, -0.1) is 0 Å². The molecule has 1 fully saturated rings. The maximum Gasteiger partial charge on any atom is 0.276 e. The number of pyridine rings is 3. The van der Waals surface area contributed by atoms with Gasteiger partial charge in [0.1, 0.15) is 11.3 Å². The number of nitrogens with zero attached hydrogens (tertiary/aromatic N) is 6. The number of piperidine rings is 1. The molecule has 0 spiro atoms. The van der Waals surface area contributed by atoms with Crippen molar-refractivity contribution in [1.82, 2.24) is 34.7 Å². The summed E-state index contributed by atoms with van der Waals surface area (Å²) >= 11 is 0. The zero-order valence-electron chi connectivity index (χ0n) is 25.9. The minimum atomic E-state index is -1.28. The highest BCUT2D eigenvalue weighted by Crippen LogP contribution is 2.23. The number of fused-ring (bicyclic) bond motifs is 1. The van der Waals surface area contributed by atoms with Crippen LogP contribution in [0, 0.1) is 0 Å². The molecule has 0 radical (unpaired) electrons. The molecule has 13 heteroatoms. The molecule has 1 aliphatic heterocycles. The van der Waals surface area contributed by atoms with Crippen molar-refractivity contribution >= 4 is 50.5 Å². The lowest BCUT2D eigenvalue weighted by atomic mass is 10.1. The minimum Gasteiger partial charge on any atom is -0.381 e. The maximum absolute atomic E-state index is 14.0. The van der Waals surface area contributed by atoms with Gasteiger partial charge in [-0.05, 0) is 82.0 Å². The number of hydrogen-bond acceptors (Lipinski definition) is 11. The van der Waals surface area contributed by atoms with E-state index in [0.29, 0.717) is 57.2 Å². The van der Waals surface area contributed by atoms with Crippen LogP contribution in [0.2, 0.25) is 0 Å². The highest BCUT2D eigenvalue weighted by Gasteiger charge is 2.17. The quantitative estimate of drug-likeness (QED) is 0.158. The zero-order chi connectivity index (χ0) is 31.9. The Morgan fingerprint density at radius 2 is 1.83 bits per heavy atom. The van der Waals surface area contributed by atoms with Crippen LogP contribution in [0.4, 0.5) is 28.7 Å². The second kappa shape index (κ2) is 14.6. The van der Waals surface area contributed by atoms with Gasteiger partial charge in [0.25, 0.3) is 5.56 Å². The molecule has 1 aromatic carbocycles. The van der Waals surface area contributed by atoms with Gasteiger partial charge < -0.3 is 26.2 Å². The molecule has 2 unspecified atom stereocenters. The van der Waals surface area contributed by atoms with Gasteiger partial charge in [-0.25, -0.2) is 4.98 Å². The van der Waals surface area contributed by atoms with E-state index in [1.807, 2.05) is 49.3 Å². The van der Waals surface area contributed by atoms with Crippen molar-refractivity contribution in [1.29, 1.82) is 0 Å². The molecular formula is C33H38N10O2S. The number of anilines is 5. The third-order valence-electron chi connectivity index (χ3n) is 7.73. The van der Waals surface area contributed by atoms with Crippen molar-refractivity contribution in [2.45, 2.75) is 30.3 Å². The molecule has 46 heavy (non-hydrogen) atoms. The molecule has 1 aliphatic rings. The van der Waals surface area contributed by atoms with Crippen molar-refractivity contribution in [3.8, 4) is 0 Å². The predicted octanol–water partition coefficient (Wildman–Crippen LogP) is 3.95. The molecule has 2 atom stereocenters. The second-order valence-corrected chi connectivity index (χ2v) is 13.1. The fourth-order valence-electron chi connectivity index (χ4n) is 5.34. The van der Waals surface area contributed by atoms with Crippen LogP contribution in [0.1, 0.15) is 18.4 Å². The van der Waals surface area contributed by atoms with Gasteiger partial charge in [-0.2, -0.15) is 4.98 Å². The van der Waals surface area contributed by atoms with Gasteiger partial charge in [0.05, 0.1) is 29.2 Å². The zero-order valence-corrected chi connectivity index (χ0v) is 26.8. The number of benzene rings is 1. The summed E-state index contributed by atoms with van der Waals surface area (Å²) in [5.41, 5.74) is 3.73. The van der Waals surface area contributed by atoms with E-state index in [9.17, 15) is 9.00 Å². The molecule has 0 amide bonds. The highest BCUT2D eigenvalue weighted by molar-refractivity contribution is 7.85. The molecule has 5 aromatic rings. The van der Waals surface area contributed by atoms with Crippen molar-refractivity contribution in [2.24, 2.45) is 0 Å². The lowest BCUT2D eigenvalue weighted by molar-refractivity contribution is 0.435. The predicted molar refractivity (Wildman–Crippen MR) is 184 cm³/mol. The standard InChI is InChI=1S/C33H38N10O2S/c1-42(2)15-16-46(45)30-11-14-36-18-24(30)22-43-31-23(17-29(32(43)44)39-28-6-4-13-35-21-28)19-37-33(41-31)40-26-9-7-25(8-10-26)38-27-5-3-12-34-20-27/h4,6-11,13-14,17-19,21,27,34,38-39H,3,5,12,15-16,20,22H2,1-2H3,(H,37,40,41). The summed E-state index contributed by atoms with van der Waals surface area (Å²) in [6, 6.07) is 15.6. The topological polar surface area (TPSA) is 142 Å². The summed E-state index contributed by atoms with van der Waals surface area (Å²) in [6.45, 7) is 2.82. The van der Waals surface area contributed by atoms with Crippen LogP contribution in [-0.2, 0) is 17.3 Å². The number of hydrogen-bond donors (Lipinski definition) is 4. The van der Waals surface area contributed by atoms with Gasteiger partial charge in [-0.1, -0.05) is 0 Å². The van der Waals surface area contributed by atoms with E-state index in [0.717, 1.165) is 30.9 Å². The number of rotatable bonds is 12. The Morgan fingerprint density at radius 3 is 2.59 bits per heavy atom. The molecule has 1 saturated heterocycles. The molecule has 0 aliphatic carbocycles. The fraction of sp³-hybridized carbons (Fsp3) is 0.303. The van der Waals surface area contributed by atoms with Gasteiger partial charge in [-0.3, -0.25) is 23.5 Å². The van der Waals surface area contributed by atoms with Crippen LogP contribution >= 0.6 is 0 Å². The molecule has 12 nitrogen and oxygen atoms in total. The first-order valence-electron chi connectivity index (χ1n) is 15.3. The Labute approximate surface area is 270 Å². The van der Waals surface area contributed by atoms with Gasteiger partial charge in [0.15, 0.2) is 0 Å². The minimum absolute atomic E-state index is 0.127. The Bertz CT molecular complexity index is 1860. The summed E-state index contributed by atoms with van der Waals surface area (Å²) in [6.07, 6.45) is 10.6. The van der Waals surface area contributed by atoms with Gasteiger partial charge >= 0.3 is 0 Å². The Hall–Kier alpha value is -4.72. The van der Waals surface area contributed by atoms with Crippen molar-refractivity contribution in [3.63, 3.8) is 0 Å². The first-order valence-corrected chi connectivity index (χ1v) is 16.6. The first kappa shape index (κ1) is 31.3. The van der Waals surface area contributed by atoms with Crippen LogP contribution in [0.5, 0.6) is 0 Å². The van der Waals surface area contributed by atoms with Gasteiger partial charge in [0, 0.05) is 76.9 Å². The van der Waals surface area contributed by atoms with E-state index >= 15 is 0 Å². The van der Waals surface area contributed by atoms with Crippen molar-refractivity contribution in [2.75, 3.05) is 55.4 Å². The van der Waals surface area contributed by atoms with E-state index in [2.05, 4.69) is 36.2 Å². The van der Waals surface area contributed by atoms with Crippen LogP contribution in [0.15, 0.2) is 89.2 Å². The van der Waals surface area contributed by atoms with Crippen LogP contribution < -0.4 is 26.8 Å². The lowest BCUT2D eigenvalue weighted by Gasteiger charge is -2.24. The Balaban J connectivity index is 1.33. The smallest absolute Gasteiger partial charge is 0.276 e. The van der Waals surface area contributed by atoms with Crippen molar-refractivity contribution < 1.29 is 4.21 Å². The summed E-state index contributed by atoms with van der Waals surface area (Å²) < 4.78 is 14.9. The Kier molecular flexibility index (Phi) is 9.91. The number of aromatic nitrogens is 5. The molecule has 4 aromatic heterocycles. The first-order chi connectivity index (χ1) is 22.4. The molecule has 238 valence electrons. The summed E-state index contributed by atoms with van der Waals surface area (Å²) in [4.78, 5) is 34.5. The van der Waals surface area contributed by atoms with Crippen molar-refractivity contribution in [3.05, 3.63) is 95.4 Å². The molecule has 4 N–H and O–H groups in total. The monoisotopic (exact) mass is 638 g/mol. The second-order valence-electron chi connectivity index (χ2n) is 11.5. The number of nitrogens with one attached hydrogen (secondary N) is 4.